The quantitative estimate of drug-likeness (QED) is 0.880. The summed E-state index contributed by atoms with van der Waals surface area (Å²) in [6, 6.07) is 7.18. The number of benzene rings is 1. The molecule has 1 amide bonds. The molecule has 5 nitrogen and oxygen atoms in total. The van der Waals surface area contributed by atoms with Gasteiger partial charge in [-0.15, -0.1) is 10.2 Å². The molecule has 0 radical (unpaired) electrons. The molecule has 0 aliphatic heterocycles. The van der Waals surface area contributed by atoms with Gasteiger partial charge < -0.3 is 5.73 Å². The normalized spacial score (nSPS) is 10.3. The molecule has 6 heteroatoms. The molecule has 1 aromatic heterocycles. The summed E-state index contributed by atoms with van der Waals surface area (Å²) in [5.74, 6) is -0.183. The second-order valence-corrected chi connectivity index (χ2v) is 4.77. The largest absolute Gasteiger partial charge is 0.326 e. The van der Waals surface area contributed by atoms with Crippen molar-refractivity contribution in [2.24, 2.45) is 5.73 Å². The molecule has 0 saturated heterocycles. The van der Waals surface area contributed by atoms with Gasteiger partial charge in [0.2, 0.25) is 5.13 Å². The Morgan fingerprint density at radius 2 is 2.06 bits per heavy atom. The minimum atomic E-state index is -0.183. The van der Waals surface area contributed by atoms with Gasteiger partial charge in [0.25, 0.3) is 5.91 Å². The number of hydrogen-bond acceptors (Lipinski definition) is 5. The Labute approximate surface area is 109 Å². The average Bonchev–Trinajstić information content (AvgIpc) is 2.86. The fraction of sp³-hybridized carbons (Fsp3) is 0.250. The van der Waals surface area contributed by atoms with Crippen LogP contribution >= 0.6 is 11.3 Å². The average molecular weight is 262 g/mol. The van der Waals surface area contributed by atoms with E-state index >= 15 is 0 Å². The van der Waals surface area contributed by atoms with Gasteiger partial charge in [0, 0.05) is 12.1 Å². The van der Waals surface area contributed by atoms with Crippen molar-refractivity contribution in [3.63, 3.8) is 0 Å². The van der Waals surface area contributed by atoms with E-state index in [9.17, 15) is 4.79 Å². The molecule has 2 rings (SSSR count). The minimum Gasteiger partial charge on any atom is -0.326 e. The molecular weight excluding hydrogens is 248 g/mol. The standard InChI is InChI=1S/C12H14N4OS/c1-2-10-15-16-12(18-10)14-11(17)9-5-3-8(7-13)4-6-9/h3-6H,2,7,13H2,1H3,(H,14,16,17). The van der Waals surface area contributed by atoms with Crippen molar-refractivity contribution in [1.29, 1.82) is 0 Å². The first-order chi connectivity index (χ1) is 8.72. The SMILES string of the molecule is CCc1nnc(NC(=O)c2ccc(CN)cc2)s1. The number of carbonyl (C=O) groups excluding carboxylic acids is 1. The van der Waals surface area contributed by atoms with E-state index in [1.807, 2.05) is 19.1 Å². The zero-order valence-corrected chi connectivity index (χ0v) is 10.8. The third-order valence-electron chi connectivity index (χ3n) is 2.44. The Balaban J connectivity index is 2.06. The molecule has 0 aliphatic rings. The first kappa shape index (κ1) is 12.7. The number of anilines is 1. The summed E-state index contributed by atoms with van der Waals surface area (Å²) in [5, 5.41) is 12.0. The van der Waals surface area contributed by atoms with E-state index in [4.69, 9.17) is 5.73 Å². The second kappa shape index (κ2) is 5.70. The molecule has 0 bridgehead atoms. The van der Waals surface area contributed by atoms with Gasteiger partial charge in [-0.1, -0.05) is 30.4 Å². The molecule has 0 saturated carbocycles. The second-order valence-electron chi connectivity index (χ2n) is 3.71. The molecule has 2 aromatic rings. The molecule has 0 spiro atoms. The highest BCUT2D eigenvalue weighted by molar-refractivity contribution is 7.15. The maximum absolute atomic E-state index is 11.9. The van der Waals surface area contributed by atoms with Gasteiger partial charge in [-0.05, 0) is 24.1 Å². The van der Waals surface area contributed by atoms with Gasteiger partial charge in [-0.2, -0.15) is 0 Å². The molecule has 18 heavy (non-hydrogen) atoms. The maximum Gasteiger partial charge on any atom is 0.257 e. The molecule has 1 heterocycles. The fourth-order valence-electron chi connectivity index (χ4n) is 1.41. The first-order valence-corrected chi connectivity index (χ1v) is 6.47. The molecule has 1 aromatic carbocycles. The summed E-state index contributed by atoms with van der Waals surface area (Å²) in [6.45, 7) is 2.47. The lowest BCUT2D eigenvalue weighted by Crippen LogP contribution is -2.11. The number of nitrogens with zero attached hydrogens (tertiary/aromatic N) is 2. The Morgan fingerprint density at radius 3 is 2.61 bits per heavy atom. The van der Waals surface area contributed by atoms with Crippen LogP contribution in [0, 0.1) is 0 Å². The molecule has 3 N–H and O–H groups in total. The van der Waals surface area contributed by atoms with Crippen LogP contribution in [-0.4, -0.2) is 16.1 Å². The van der Waals surface area contributed by atoms with Crippen LogP contribution in [0.25, 0.3) is 0 Å². The van der Waals surface area contributed by atoms with Crippen molar-refractivity contribution in [2.75, 3.05) is 5.32 Å². The fourth-order valence-corrected chi connectivity index (χ4v) is 2.08. The van der Waals surface area contributed by atoms with Gasteiger partial charge in [-0.25, -0.2) is 0 Å². The summed E-state index contributed by atoms with van der Waals surface area (Å²) in [4.78, 5) is 11.9. The lowest BCUT2D eigenvalue weighted by Gasteiger charge is -2.02. The van der Waals surface area contributed by atoms with Gasteiger partial charge >= 0.3 is 0 Å². The van der Waals surface area contributed by atoms with Crippen molar-refractivity contribution in [1.82, 2.24) is 10.2 Å². The van der Waals surface area contributed by atoms with Gasteiger partial charge in [0.1, 0.15) is 5.01 Å². The number of hydrogen-bond donors (Lipinski definition) is 2. The highest BCUT2D eigenvalue weighted by Crippen LogP contribution is 2.16. The Morgan fingerprint density at radius 1 is 1.33 bits per heavy atom. The topological polar surface area (TPSA) is 80.9 Å². The monoisotopic (exact) mass is 262 g/mol. The highest BCUT2D eigenvalue weighted by atomic mass is 32.1. The molecule has 0 atom stereocenters. The summed E-state index contributed by atoms with van der Waals surface area (Å²) in [7, 11) is 0. The molecule has 0 aliphatic carbocycles. The van der Waals surface area contributed by atoms with E-state index in [1.165, 1.54) is 11.3 Å². The first-order valence-electron chi connectivity index (χ1n) is 5.65. The van der Waals surface area contributed by atoms with E-state index in [-0.39, 0.29) is 5.91 Å². The lowest BCUT2D eigenvalue weighted by molar-refractivity contribution is 0.102. The van der Waals surface area contributed by atoms with Crippen LogP contribution in [0.1, 0.15) is 27.9 Å². The summed E-state index contributed by atoms with van der Waals surface area (Å²) >= 11 is 1.39. The highest BCUT2D eigenvalue weighted by Gasteiger charge is 2.09. The van der Waals surface area contributed by atoms with Crippen LogP contribution in [0.4, 0.5) is 5.13 Å². The third-order valence-corrected chi connectivity index (χ3v) is 3.42. The minimum absolute atomic E-state index is 0.183. The van der Waals surface area contributed by atoms with Crippen LogP contribution in [0.3, 0.4) is 0 Å². The molecule has 94 valence electrons. The maximum atomic E-state index is 11.9. The van der Waals surface area contributed by atoms with Crippen molar-refractivity contribution in [3.8, 4) is 0 Å². The Hall–Kier alpha value is -1.79. The zero-order valence-electron chi connectivity index (χ0n) is 10.0. The number of carbonyl (C=O) groups is 1. The van der Waals surface area contributed by atoms with Crippen LogP contribution in [0.15, 0.2) is 24.3 Å². The van der Waals surface area contributed by atoms with E-state index in [0.717, 1.165) is 17.0 Å². The van der Waals surface area contributed by atoms with Gasteiger partial charge in [-0.3, -0.25) is 10.1 Å². The predicted octanol–water partition coefficient (Wildman–Crippen LogP) is 1.81. The van der Waals surface area contributed by atoms with E-state index in [1.54, 1.807) is 12.1 Å². The van der Waals surface area contributed by atoms with Crippen LogP contribution in [0.5, 0.6) is 0 Å². The van der Waals surface area contributed by atoms with E-state index in [2.05, 4.69) is 15.5 Å². The smallest absolute Gasteiger partial charge is 0.257 e. The Bertz CT molecular complexity index is 535. The zero-order chi connectivity index (χ0) is 13.0. The number of aryl methyl sites for hydroxylation is 1. The van der Waals surface area contributed by atoms with Crippen molar-refractivity contribution in [3.05, 3.63) is 40.4 Å². The number of nitrogens with two attached hydrogens (primary N) is 1. The van der Waals surface area contributed by atoms with Crippen molar-refractivity contribution < 1.29 is 4.79 Å². The van der Waals surface area contributed by atoms with Gasteiger partial charge in [0.05, 0.1) is 0 Å². The number of amides is 1. The van der Waals surface area contributed by atoms with Crippen molar-refractivity contribution in [2.45, 2.75) is 19.9 Å². The third kappa shape index (κ3) is 2.91. The molecule has 0 fully saturated rings. The van der Waals surface area contributed by atoms with Crippen molar-refractivity contribution >= 4 is 22.4 Å². The number of nitrogens with one attached hydrogen (secondary N) is 1. The summed E-state index contributed by atoms with van der Waals surface area (Å²) in [5.41, 5.74) is 7.08. The Kier molecular flexibility index (Phi) is 4.01. The summed E-state index contributed by atoms with van der Waals surface area (Å²) in [6.07, 6.45) is 0.818. The van der Waals surface area contributed by atoms with Crippen LogP contribution in [-0.2, 0) is 13.0 Å². The predicted molar refractivity (Wildman–Crippen MR) is 71.6 cm³/mol. The van der Waals surface area contributed by atoms with E-state index < -0.39 is 0 Å². The van der Waals surface area contributed by atoms with E-state index in [0.29, 0.717) is 17.2 Å². The molecular formula is C12H14N4OS. The van der Waals surface area contributed by atoms with Crippen LogP contribution < -0.4 is 11.1 Å². The number of aromatic nitrogens is 2. The molecule has 0 unspecified atom stereocenters. The summed E-state index contributed by atoms with van der Waals surface area (Å²) < 4.78 is 0. The number of rotatable bonds is 4. The lowest BCUT2D eigenvalue weighted by atomic mass is 10.1. The van der Waals surface area contributed by atoms with Crippen LogP contribution in [0.2, 0.25) is 0 Å². The van der Waals surface area contributed by atoms with Gasteiger partial charge in [0.15, 0.2) is 0 Å².